The van der Waals surface area contributed by atoms with Crippen LogP contribution in [-0.4, -0.2) is 13.2 Å². The Kier molecular flexibility index (Phi) is 3.62. The largest absolute Gasteiger partial charge is 0.493 e. The highest BCUT2D eigenvalue weighted by molar-refractivity contribution is 7.09. The minimum Gasteiger partial charge on any atom is -0.493 e. The van der Waals surface area contributed by atoms with Crippen molar-refractivity contribution < 1.29 is 4.74 Å². The van der Waals surface area contributed by atoms with E-state index < -0.39 is 0 Å². The summed E-state index contributed by atoms with van der Waals surface area (Å²) in [5.41, 5.74) is 1.34. The summed E-state index contributed by atoms with van der Waals surface area (Å²) in [5.74, 6) is 1.65. The van der Waals surface area contributed by atoms with Crippen LogP contribution >= 0.6 is 11.3 Å². The van der Waals surface area contributed by atoms with Crippen molar-refractivity contribution in [3.63, 3.8) is 0 Å². The van der Waals surface area contributed by atoms with Gasteiger partial charge in [0.2, 0.25) is 0 Å². The monoisotopic (exact) mass is 259 g/mol. The lowest BCUT2D eigenvalue weighted by atomic mass is 9.97. The molecule has 0 aliphatic carbocycles. The molecule has 1 unspecified atom stereocenters. The molecule has 1 atom stereocenters. The van der Waals surface area contributed by atoms with Crippen molar-refractivity contribution in [2.24, 2.45) is 5.92 Å². The van der Waals surface area contributed by atoms with E-state index in [1.807, 2.05) is 6.07 Å². The second kappa shape index (κ2) is 5.55. The van der Waals surface area contributed by atoms with Crippen molar-refractivity contribution in [2.75, 3.05) is 13.2 Å². The molecule has 0 saturated heterocycles. The van der Waals surface area contributed by atoms with E-state index in [1.165, 1.54) is 10.4 Å². The molecule has 18 heavy (non-hydrogen) atoms. The maximum absolute atomic E-state index is 5.79. The summed E-state index contributed by atoms with van der Waals surface area (Å²) in [4.78, 5) is 1.40. The third-order valence-electron chi connectivity index (χ3n) is 3.27. The van der Waals surface area contributed by atoms with Gasteiger partial charge < -0.3 is 10.1 Å². The molecule has 0 radical (unpaired) electrons. The first-order valence-electron chi connectivity index (χ1n) is 6.35. The number of fused-ring (bicyclic) bond motifs is 1. The van der Waals surface area contributed by atoms with Crippen molar-refractivity contribution in [3.05, 3.63) is 52.2 Å². The molecule has 2 aromatic rings. The minimum atomic E-state index is 0.583. The summed E-state index contributed by atoms with van der Waals surface area (Å²) < 4.78 is 5.79. The Balaban J connectivity index is 1.51. The number of ether oxygens (including phenoxy) is 1. The molecule has 3 heteroatoms. The Morgan fingerprint density at radius 2 is 2.17 bits per heavy atom. The highest BCUT2D eigenvalue weighted by Crippen LogP contribution is 2.26. The van der Waals surface area contributed by atoms with Gasteiger partial charge in [-0.05, 0) is 29.5 Å². The van der Waals surface area contributed by atoms with E-state index in [2.05, 4.69) is 41.0 Å². The smallest absolute Gasteiger partial charge is 0.122 e. The average molecular weight is 259 g/mol. The van der Waals surface area contributed by atoms with Gasteiger partial charge in [0.05, 0.1) is 6.61 Å². The second-order valence-electron chi connectivity index (χ2n) is 4.70. The van der Waals surface area contributed by atoms with Gasteiger partial charge in [-0.1, -0.05) is 24.3 Å². The van der Waals surface area contributed by atoms with E-state index in [0.29, 0.717) is 5.92 Å². The van der Waals surface area contributed by atoms with Crippen molar-refractivity contribution in [1.82, 2.24) is 5.32 Å². The molecule has 1 N–H and O–H groups in total. The van der Waals surface area contributed by atoms with Gasteiger partial charge in [-0.2, -0.15) is 0 Å². The van der Waals surface area contributed by atoms with Gasteiger partial charge >= 0.3 is 0 Å². The van der Waals surface area contributed by atoms with Crippen LogP contribution in [0.25, 0.3) is 0 Å². The Hall–Kier alpha value is -1.32. The first-order valence-corrected chi connectivity index (χ1v) is 7.23. The highest BCUT2D eigenvalue weighted by Gasteiger charge is 2.18. The number of rotatable bonds is 4. The molecule has 0 amide bonds. The van der Waals surface area contributed by atoms with Crippen LogP contribution in [0, 0.1) is 5.92 Å². The fourth-order valence-electron chi connectivity index (χ4n) is 2.33. The van der Waals surface area contributed by atoms with E-state index in [9.17, 15) is 0 Å². The first-order chi connectivity index (χ1) is 8.92. The number of nitrogens with one attached hydrogen (secondary N) is 1. The predicted octanol–water partition coefficient (Wildman–Crippen LogP) is 3.09. The van der Waals surface area contributed by atoms with Crippen molar-refractivity contribution in [2.45, 2.75) is 13.0 Å². The topological polar surface area (TPSA) is 21.3 Å². The second-order valence-corrected chi connectivity index (χ2v) is 5.73. The Morgan fingerprint density at radius 3 is 3.06 bits per heavy atom. The number of hydrogen-bond acceptors (Lipinski definition) is 3. The highest BCUT2D eigenvalue weighted by atomic mass is 32.1. The molecule has 0 fully saturated rings. The maximum atomic E-state index is 5.79. The molecule has 1 aliphatic rings. The molecule has 2 heterocycles. The lowest BCUT2D eigenvalue weighted by Crippen LogP contribution is -2.30. The first kappa shape index (κ1) is 11.8. The molecule has 1 aliphatic heterocycles. The Morgan fingerprint density at radius 1 is 1.22 bits per heavy atom. The van der Waals surface area contributed by atoms with Crippen LogP contribution in [0.1, 0.15) is 10.4 Å². The van der Waals surface area contributed by atoms with Gasteiger partial charge in [-0.15, -0.1) is 11.3 Å². The van der Waals surface area contributed by atoms with Crippen LogP contribution < -0.4 is 10.1 Å². The van der Waals surface area contributed by atoms with Gasteiger partial charge in [0, 0.05) is 23.9 Å². The van der Waals surface area contributed by atoms with Gasteiger partial charge in [0.25, 0.3) is 0 Å². The van der Waals surface area contributed by atoms with Gasteiger partial charge in [0.1, 0.15) is 5.75 Å². The summed E-state index contributed by atoms with van der Waals surface area (Å²) in [5, 5.41) is 5.64. The Bertz CT molecular complexity index is 495. The fraction of sp³-hybridized carbons (Fsp3) is 0.333. The van der Waals surface area contributed by atoms with Crippen LogP contribution in [0.2, 0.25) is 0 Å². The third kappa shape index (κ3) is 2.74. The lowest BCUT2D eigenvalue weighted by Gasteiger charge is -2.25. The number of hydrogen-bond donors (Lipinski definition) is 1. The molecule has 0 spiro atoms. The van der Waals surface area contributed by atoms with E-state index >= 15 is 0 Å². The number of para-hydroxylation sites is 1. The molecule has 1 aromatic heterocycles. The maximum Gasteiger partial charge on any atom is 0.122 e. The zero-order valence-corrected chi connectivity index (χ0v) is 11.1. The summed E-state index contributed by atoms with van der Waals surface area (Å²) in [6.07, 6.45) is 1.12. The standard InChI is InChI=1S/C15H17NOS/c1-2-6-15-13(4-1)8-12(11-17-15)9-16-10-14-5-3-7-18-14/h1-7,12,16H,8-11H2. The van der Waals surface area contributed by atoms with Crippen LogP contribution in [0.4, 0.5) is 0 Å². The van der Waals surface area contributed by atoms with E-state index in [-0.39, 0.29) is 0 Å². The molecule has 2 nitrogen and oxygen atoms in total. The van der Waals surface area contributed by atoms with Crippen LogP contribution in [0.15, 0.2) is 41.8 Å². The predicted molar refractivity (Wildman–Crippen MR) is 75.2 cm³/mol. The number of thiophene rings is 1. The van der Waals surface area contributed by atoms with Crippen LogP contribution in [0.5, 0.6) is 5.75 Å². The average Bonchev–Trinajstić information content (AvgIpc) is 2.92. The molecular weight excluding hydrogens is 242 g/mol. The molecule has 3 rings (SSSR count). The van der Waals surface area contributed by atoms with E-state index in [0.717, 1.165) is 31.9 Å². The van der Waals surface area contributed by atoms with Gasteiger partial charge in [-0.3, -0.25) is 0 Å². The lowest BCUT2D eigenvalue weighted by molar-refractivity contribution is 0.218. The Labute approximate surface area is 112 Å². The van der Waals surface area contributed by atoms with Crippen LogP contribution in [0.3, 0.4) is 0 Å². The van der Waals surface area contributed by atoms with Gasteiger partial charge in [-0.25, -0.2) is 0 Å². The van der Waals surface area contributed by atoms with E-state index in [4.69, 9.17) is 4.74 Å². The summed E-state index contributed by atoms with van der Waals surface area (Å²) in [6.45, 7) is 2.82. The molecule has 0 saturated carbocycles. The van der Waals surface area contributed by atoms with E-state index in [1.54, 1.807) is 11.3 Å². The third-order valence-corrected chi connectivity index (χ3v) is 4.14. The SMILES string of the molecule is c1csc(CNCC2COc3ccccc3C2)c1. The molecule has 94 valence electrons. The summed E-state index contributed by atoms with van der Waals surface area (Å²) >= 11 is 1.80. The summed E-state index contributed by atoms with van der Waals surface area (Å²) in [6, 6.07) is 12.6. The van der Waals surface area contributed by atoms with Crippen molar-refractivity contribution in [3.8, 4) is 5.75 Å². The van der Waals surface area contributed by atoms with Crippen molar-refractivity contribution in [1.29, 1.82) is 0 Å². The normalized spacial score (nSPS) is 18.1. The van der Waals surface area contributed by atoms with Crippen molar-refractivity contribution >= 4 is 11.3 Å². The minimum absolute atomic E-state index is 0.583. The molecule has 1 aromatic carbocycles. The fourth-order valence-corrected chi connectivity index (χ4v) is 3.01. The quantitative estimate of drug-likeness (QED) is 0.911. The number of benzene rings is 1. The zero-order chi connectivity index (χ0) is 12.2. The van der Waals surface area contributed by atoms with Gasteiger partial charge in [0.15, 0.2) is 0 Å². The molecular formula is C15H17NOS. The van der Waals surface area contributed by atoms with Crippen LogP contribution in [-0.2, 0) is 13.0 Å². The zero-order valence-electron chi connectivity index (χ0n) is 10.3. The summed E-state index contributed by atoms with van der Waals surface area (Å²) in [7, 11) is 0. The molecule has 0 bridgehead atoms.